The summed E-state index contributed by atoms with van der Waals surface area (Å²) in [6, 6.07) is 11.7. The van der Waals surface area contributed by atoms with Crippen LogP contribution in [0.4, 0.5) is 5.69 Å². The minimum atomic E-state index is -0.499. The summed E-state index contributed by atoms with van der Waals surface area (Å²) in [6.45, 7) is 6.84. The lowest BCUT2D eigenvalue weighted by atomic mass is 9.99. The van der Waals surface area contributed by atoms with Gasteiger partial charge in [-0.3, -0.25) is 19.3 Å². The minimum Gasteiger partial charge on any atom is -0.469 e. The molecule has 178 valence electrons. The molecule has 0 radical (unpaired) electrons. The van der Waals surface area contributed by atoms with E-state index in [1.807, 2.05) is 42.0 Å². The first-order chi connectivity index (χ1) is 17.0. The van der Waals surface area contributed by atoms with Crippen LogP contribution in [0.25, 0.3) is 5.00 Å². The summed E-state index contributed by atoms with van der Waals surface area (Å²) in [6.07, 6.45) is 3.72. The molecule has 0 saturated heterocycles. The van der Waals surface area contributed by atoms with Gasteiger partial charge in [-0.2, -0.15) is 0 Å². The number of benzene rings is 1. The maximum Gasteiger partial charge on any atom is 0.308 e. The van der Waals surface area contributed by atoms with Gasteiger partial charge >= 0.3 is 5.97 Å². The summed E-state index contributed by atoms with van der Waals surface area (Å²) in [5.41, 5.74) is 6.16. The topological polar surface area (TPSA) is 94.3 Å². The summed E-state index contributed by atoms with van der Waals surface area (Å²) in [7, 11) is 1.39. The van der Waals surface area contributed by atoms with Gasteiger partial charge in [0.25, 0.3) is 0 Å². The average Bonchev–Trinajstić information content (AvgIpc) is 3.35. The zero-order valence-corrected chi connectivity index (χ0v) is 20.9. The summed E-state index contributed by atoms with van der Waals surface area (Å²) in [5, 5.41) is 13.2. The normalized spacial score (nSPS) is 14.5. The Kier molecular flexibility index (Phi) is 6.17. The number of hydrogen-bond acceptors (Lipinski definition) is 8. The number of ether oxygens (including phenoxy) is 1. The molecule has 4 heterocycles. The zero-order chi connectivity index (χ0) is 24.5. The first-order valence-electron chi connectivity index (χ1n) is 11.4. The Balaban J connectivity index is 1.55. The van der Waals surface area contributed by atoms with E-state index in [4.69, 9.17) is 9.73 Å². The Morgan fingerprint density at radius 1 is 1.14 bits per heavy atom. The van der Waals surface area contributed by atoms with Gasteiger partial charge in [0.2, 0.25) is 0 Å². The second-order valence-corrected chi connectivity index (χ2v) is 9.67. The molecule has 4 aromatic rings. The first kappa shape index (κ1) is 22.9. The summed E-state index contributed by atoms with van der Waals surface area (Å²) in [4.78, 5) is 22.7. The highest BCUT2D eigenvalue weighted by Crippen LogP contribution is 2.39. The van der Waals surface area contributed by atoms with Gasteiger partial charge in [-0.05, 0) is 50.1 Å². The average molecular weight is 487 g/mol. The van der Waals surface area contributed by atoms with Crippen molar-refractivity contribution in [3.63, 3.8) is 0 Å². The van der Waals surface area contributed by atoms with Crippen LogP contribution in [0.2, 0.25) is 0 Å². The number of fused-ring (bicyclic) bond motifs is 3. The van der Waals surface area contributed by atoms with E-state index in [9.17, 15) is 4.79 Å². The van der Waals surface area contributed by atoms with Crippen molar-refractivity contribution in [1.82, 2.24) is 19.7 Å². The maximum atomic E-state index is 12.3. The fourth-order valence-electron chi connectivity index (χ4n) is 4.22. The van der Waals surface area contributed by atoms with Crippen molar-refractivity contribution in [3.05, 3.63) is 87.6 Å². The Morgan fingerprint density at radius 2 is 1.94 bits per heavy atom. The molecule has 1 aliphatic heterocycles. The third-order valence-corrected chi connectivity index (χ3v) is 7.40. The largest absolute Gasteiger partial charge is 0.469 e. The maximum absolute atomic E-state index is 12.3. The molecular formula is C26H26N6O2S. The molecule has 0 spiro atoms. The van der Waals surface area contributed by atoms with Crippen LogP contribution in [-0.4, -0.2) is 38.5 Å². The van der Waals surface area contributed by atoms with Gasteiger partial charge < -0.3 is 10.1 Å². The molecule has 1 N–H and O–H groups in total. The number of thiophene rings is 1. The lowest BCUT2D eigenvalue weighted by Gasteiger charge is -2.12. The van der Waals surface area contributed by atoms with Crippen LogP contribution in [-0.2, 0) is 16.1 Å². The van der Waals surface area contributed by atoms with Gasteiger partial charge in [-0.25, -0.2) is 0 Å². The van der Waals surface area contributed by atoms with Crippen LogP contribution in [0.5, 0.6) is 0 Å². The number of carbonyl (C=O) groups is 1. The molecule has 0 amide bonds. The van der Waals surface area contributed by atoms with E-state index in [0.29, 0.717) is 12.4 Å². The smallest absolute Gasteiger partial charge is 0.308 e. The van der Waals surface area contributed by atoms with Crippen LogP contribution in [0.3, 0.4) is 0 Å². The molecule has 1 aromatic carbocycles. The molecule has 1 atom stereocenters. The summed E-state index contributed by atoms with van der Waals surface area (Å²) < 4.78 is 7.00. The van der Waals surface area contributed by atoms with Crippen LogP contribution < -0.4 is 5.32 Å². The van der Waals surface area contributed by atoms with Gasteiger partial charge in [-0.15, -0.1) is 21.5 Å². The van der Waals surface area contributed by atoms with Crippen LogP contribution in [0.1, 0.15) is 51.2 Å². The number of aryl methyl sites for hydroxylation is 2. The van der Waals surface area contributed by atoms with E-state index in [-0.39, 0.29) is 12.4 Å². The van der Waals surface area contributed by atoms with Gasteiger partial charge in [0, 0.05) is 40.6 Å². The van der Waals surface area contributed by atoms with Crippen molar-refractivity contribution in [2.75, 3.05) is 12.4 Å². The lowest BCUT2D eigenvalue weighted by molar-refractivity contribution is -0.141. The number of anilines is 1. The molecular weight excluding hydrogens is 460 g/mol. The minimum absolute atomic E-state index is 0.0931. The Bertz CT molecular complexity index is 1410. The third kappa shape index (κ3) is 4.35. The van der Waals surface area contributed by atoms with Crippen molar-refractivity contribution in [1.29, 1.82) is 0 Å². The number of methoxy groups -OCH3 is 1. The summed E-state index contributed by atoms with van der Waals surface area (Å²) >= 11 is 1.69. The zero-order valence-electron chi connectivity index (χ0n) is 20.1. The predicted octanol–water partition coefficient (Wildman–Crippen LogP) is 4.72. The van der Waals surface area contributed by atoms with Crippen LogP contribution in [0, 0.1) is 20.8 Å². The third-order valence-electron chi connectivity index (χ3n) is 6.20. The van der Waals surface area contributed by atoms with Crippen molar-refractivity contribution >= 4 is 28.7 Å². The molecule has 8 nitrogen and oxygen atoms in total. The number of pyridine rings is 1. The van der Waals surface area contributed by atoms with E-state index in [2.05, 4.69) is 46.5 Å². The van der Waals surface area contributed by atoms with Gasteiger partial charge in [0.15, 0.2) is 5.82 Å². The second-order valence-electron chi connectivity index (χ2n) is 8.47. The Morgan fingerprint density at radius 3 is 2.66 bits per heavy atom. The van der Waals surface area contributed by atoms with Gasteiger partial charge in [-0.1, -0.05) is 18.2 Å². The number of carbonyl (C=O) groups excluding carboxylic acids is 1. The highest BCUT2D eigenvalue weighted by molar-refractivity contribution is 7.15. The fourth-order valence-corrected chi connectivity index (χ4v) is 5.43. The Labute approximate surface area is 207 Å². The van der Waals surface area contributed by atoms with Crippen molar-refractivity contribution in [2.24, 2.45) is 4.99 Å². The van der Waals surface area contributed by atoms with Crippen molar-refractivity contribution < 1.29 is 9.53 Å². The molecule has 9 heteroatoms. The number of nitrogens with one attached hydrogen (secondary N) is 1. The number of nitrogens with zero attached hydrogens (tertiary/aromatic N) is 5. The monoisotopic (exact) mass is 486 g/mol. The number of rotatable bonds is 6. The van der Waals surface area contributed by atoms with E-state index < -0.39 is 6.04 Å². The van der Waals surface area contributed by atoms with E-state index in [1.54, 1.807) is 17.5 Å². The predicted molar refractivity (Wildman–Crippen MR) is 136 cm³/mol. The molecule has 0 fully saturated rings. The summed E-state index contributed by atoms with van der Waals surface area (Å²) in [5.74, 6) is 1.09. The van der Waals surface area contributed by atoms with E-state index in [1.165, 1.54) is 17.6 Å². The first-order valence-corrected chi connectivity index (χ1v) is 12.2. The second kappa shape index (κ2) is 9.42. The quantitative estimate of drug-likeness (QED) is 0.397. The Hall–Kier alpha value is -3.85. The highest BCUT2D eigenvalue weighted by atomic mass is 32.1. The number of aromatic nitrogens is 4. The number of aliphatic imine (C=N–C) groups is 1. The van der Waals surface area contributed by atoms with E-state index >= 15 is 0 Å². The molecule has 1 aliphatic rings. The molecule has 3 aromatic heterocycles. The van der Waals surface area contributed by atoms with Crippen LogP contribution in [0.15, 0.2) is 53.8 Å². The molecule has 0 saturated carbocycles. The molecule has 0 unspecified atom stereocenters. The van der Waals surface area contributed by atoms with E-state index in [0.717, 1.165) is 38.9 Å². The van der Waals surface area contributed by atoms with Crippen molar-refractivity contribution in [3.8, 4) is 5.00 Å². The molecule has 5 rings (SSSR count). The number of esters is 1. The number of hydrogen-bond donors (Lipinski definition) is 1. The fraction of sp³-hybridized carbons (Fsp3) is 0.269. The lowest BCUT2D eigenvalue weighted by Crippen LogP contribution is -2.12. The van der Waals surface area contributed by atoms with Gasteiger partial charge in [0.1, 0.15) is 16.9 Å². The van der Waals surface area contributed by atoms with Crippen molar-refractivity contribution in [2.45, 2.75) is 39.8 Å². The SMILES string of the molecule is COC(=O)C[C@@H]1N=C(c2ccc(NCc3cccnc3)cc2)c2c(sc(C)c2C)-n2c(C)nnc21. The molecule has 0 aliphatic carbocycles. The molecule has 0 bridgehead atoms. The van der Waals surface area contributed by atoms with Crippen LogP contribution >= 0.6 is 11.3 Å². The van der Waals surface area contributed by atoms with Gasteiger partial charge in [0.05, 0.1) is 19.2 Å². The standard InChI is InChI=1S/C26H26N6O2S/c1-15-16(2)35-26-23(15)24(29-21(12-22(33)34-4)25-31-30-17(3)32(25)26)19-7-9-20(10-8-19)28-14-18-6-5-11-27-13-18/h5-11,13,21,28H,12,14H2,1-4H3/t21-/m0/s1. The molecule has 35 heavy (non-hydrogen) atoms. The highest BCUT2D eigenvalue weighted by Gasteiger charge is 2.32.